The molecule has 0 aliphatic heterocycles. The van der Waals surface area contributed by atoms with Crippen LogP contribution in [0.5, 0.6) is 0 Å². The van der Waals surface area contributed by atoms with Gasteiger partial charge in [0.2, 0.25) is 5.91 Å². The Hall–Kier alpha value is -4.08. The number of carbonyl (C=O) groups excluding carboxylic acids is 4. The maximum Gasteiger partial charge on any atom is 0.305 e. The third-order valence-corrected chi connectivity index (χ3v) is 3.97. The molecule has 0 aliphatic rings. The van der Waals surface area contributed by atoms with Gasteiger partial charge in [-0.25, -0.2) is 0 Å². The molecule has 0 fully saturated rings. The van der Waals surface area contributed by atoms with Gasteiger partial charge in [0.25, 0.3) is 11.8 Å². The van der Waals surface area contributed by atoms with Crippen molar-refractivity contribution < 1.29 is 28.0 Å². The summed E-state index contributed by atoms with van der Waals surface area (Å²) in [6.45, 7) is 1.01. The number of nitrogens with one attached hydrogen (secondary N) is 4. The van der Waals surface area contributed by atoms with Gasteiger partial charge in [-0.1, -0.05) is 18.2 Å². The van der Waals surface area contributed by atoms with Crippen LogP contribution in [0.3, 0.4) is 0 Å². The van der Waals surface area contributed by atoms with Crippen LogP contribution in [0, 0.1) is 6.92 Å². The zero-order valence-corrected chi connectivity index (χ0v) is 15.4. The number of hydrazine groups is 1. The number of benzene rings is 1. The number of para-hydroxylation sites is 1. The number of carbonyl (C=O) groups is 4. The van der Waals surface area contributed by atoms with Gasteiger partial charge in [-0.2, -0.15) is 0 Å². The number of rotatable bonds is 6. The maximum atomic E-state index is 12.2. The van der Waals surface area contributed by atoms with E-state index in [1.807, 2.05) is 12.1 Å². The monoisotopic (exact) mass is 398 g/mol. The first-order valence-electron chi connectivity index (χ1n) is 8.61. The van der Waals surface area contributed by atoms with Gasteiger partial charge in [0, 0.05) is 10.9 Å². The van der Waals surface area contributed by atoms with Crippen molar-refractivity contribution in [1.82, 2.24) is 21.5 Å². The lowest BCUT2D eigenvalue weighted by Gasteiger charge is -2.08. The van der Waals surface area contributed by atoms with Gasteiger partial charge >= 0.3 is 5.91 Å². The van der Waals surface area contributed by atoms with Crippen molar-refractivity contribution in [3.63, 3.8) is 0 Å². The van der Waals surface area contributed by atoms with E-state index >= 15 is 0 Å². The molecule has 150 valence electrons. The van der Waals surface area contributed by atoms with Gasteiger partial charge in [-0.15, -0.1) is 0 Å². The summed E-state index contributed by atoms with van der Waals surface area (Å²) in [6.07, 6.45) is 1.33. The third-order valence-electron chi connectivity index (χ3n) is 3.97. The number of aryl methyl sites for hydroxylation is 1. The minimum absolute atomic E-state index is 0.0686. The molecule has 0 aliphatic carbocycles. The fraction of sp³-hybridized carbons (Fsp3) is 0.158. The zero-order chi connectivity index (χ0) is 20.8. The Morgan fingerprint density at radius 3 is 2.34 bits per heavy atom. The quantitative estimate of drug-likeness (QED) is 0.449. The molecule has 10 heteroatoms. The Morgan fingerprint density at radius 2 is 1.62 bits per heavy atom. The summed E-state index contributed by atoms with van der Waals surface area (Å²) in [5.74, 6) is -2.26. The molecule has 4 N–H and O–H groups in total. The van der Waals surface area contributed by atoms with Crippen molar-refractivity contribution in [2.75, 3.05) is 13.1 Å². The summed E-state index contributed by atoms with van der Waals surface area (Å²) < 4.78 is 10.4. The van der Waals surface area contributed by atoms with Crippen LogP contribution in [0.25, 0.3) is 11.0 Å². The number of fused-ring (bicyclic) bond motifs is 1. The molecule has 10 nitrogen and oxygen atoms in total. The Kier molecular flexibility index (Phi) is 5.93. The Balaban J connectivity index is 1.41. The van der Waals surface area contributed by atoms with E-state index in [1.165, 1.54) is 12.3 Å². The lowest BCUT2D eigenvalue weighted by Crippen LogP contribution is -2.47. The number of amides is 4. The van der Waals surface area contributed by atoms with Crippen molar-refractivity contribution in [3.8, 4) is 0 Å². The van der Waals surface area contributed by atoms with Crippen LogP contribution in [0.15, 0.2) is 51.5 Å². The summed E-state index contributed by atoms with van der Waals surface area (Å²) in [7, 11) is 0. The van der Waals surface area contributed by atoms with Crippen molar-refractivity contribution in [2.24, 2.45) is 0 Å². The van der Waals surface area contributed by atoms with E-state index in [0.29, 0.717) is 11.1 Å². The van der Waals surface area contributed by atoms with Crippen LogP contribution in [-0.2, 0) is 9.59 Å². The molecule has 0 saturated heterocycles. The van der Waals surface area contributed by atoms with Gasteiger partial charge < -0.3 is 19.5 Å². The van der Waals surface area contributed by atoms with E-state index < -0.39 is 30.2 Å². The molecule has 2 heterocycles. The van der Waals surface area contributed by atoms with Crippen LogP contribution in [0.1, 0.15) is 26.7 Å². The molecule has 3 aromatic rings. The highest BCUT2D eigenvalue weighted by Gasteiger charge is 2.18. The first-order chi connectivity index (χ1) is 14.0. The topological polar surface area (TPSA) is 143 Å². The number of furan rings is 2. The number of hydrogen-bond donors (Lipinski definition) is 4. The molecule has 0 radical (unpaired) electrons. The smallest absolute Gasteiger partial charge is 0.305 e. The van der Waals surface area contributed by atoms with E-state index in [4.69, 9.17) is 8.83 Å². The first-order valence-corrected chi connectivity index (χ1v) is 8.61. The molecule has 0 spiro atoms. The minimum Gasteiger partial charge on any atom is -0.459 e. The fourth-order valence-electron chi connectivity index (χ4n) is 2.52. The van der Waals surface area contributed by atoms with Gasteiger partial charge in [-0.3, -0.25) is 30.0 Å². The van der Waals surface area contributed by atoms with Gasteiger partial charge in [0.15, 0.2) is 11.5 Å². The molecular weight excluding hydrogens is 380 g/mol. The molecule has 0 bridgehead atoms. The second-order valence-corrected chi connectivity index (χ2v) is 5.99. The van der Waals surface area contributed by atoms with E-state index in [-0.39, 0.29) is 18.1 Å². The maximum absolute atomic E-state index is 12.2. The largest absolute Gasteiger partial charge is 0.459 e. The SMILES string of the molecule is Cc1c(C(=O)NNC(=O)CNC(=O)CNC(=O)c2ccco2)oc2ccccc12. The van der Waals surface area contributed by atoms with Crippen LogP contribution in [0.4, 0.5) is 0 Å². The average molecular weight is 398 g/mol. The highest BCUT2D eigenvalue weighted by molar-refractivity contribution is 6.00. The standard InChI is InChI=1S/C19H18N4O6/c1-11-12-5-2-3-6-13(12)29-17(11)19(27)23-22-16(25)10-20-15(24)9-21-18(26)14-7-4-8-28-14/h2-8H,9-10H2,1H3,(H,20,24)(H,21,26)(H,22,25)(H,23,27). The lowest BCUT2D eigenvalue weighted by atomic mass is 10.1. The van der Waals surface area contributed by atoms with Gasteiger partial charge in [0.1, 0.15) is 5.58 Å². The Morgan fingerprint density at radius 1 is 0.862 bits per heavy atom. The second kappa shape index (κ2) is 8.74. The molecule has 29 heavy (non-hydrogen) atoms. The van der Waals surface area contributed by atoms with Crippen molar-refractivity contribution >= 4 is 34.6 Å². The van der Waals surface area contributed by atoms with E-state index in [2.05, 4.69) is 21.5 Å². The van der Waals surface area contributed by atoms with E-state index in [1.54, 1.807) is 25.1 Å². The minimum atomic E-state index is -0.655. The summed E-state index contributed by atoms with van der Waals surface area (Å²) in [4.78, 5) is 47.3. The summed E-state index contributed by atoms with van der Waals surface area (Å²) in [5, 5.41) is 5.45. The van der Waals surface area contributed by atoms with Crippen LogP contribution >= 0.6 is 0 Å². The van der Waals surface area contributed by atoms with Crippen LogP contribution in [-0.4, -0.2) is 36.7 Å². The molecule has 0 unspecified atom stereocenters. The second-order valence-electron chi connectivity index (χ2n) is 5.99. The third kappa shape index (κ3) is 4.80. The molecule has 0 atom stereocenters. The highest BCUT2D eigenvalue weighted by Crippen LogP contribution is 2.24. The van der Waals surface area contributed by atoms with E-state index in [0.717, 1.165) is 5.39 Å². The predicted molar refractivity (Wildman–Crippen MR) is 101 cm³/mol. The van der Waals surface area contributed by atoms with Crippen molar-refractivity contribution in [1.29, 1.82) is 0 Å². The average Bonchev–Trinajstić information content (AvgIpc) is 3.37. The highest BCUT2D eigenvalue weighted by atomic mass is 16.3. The molecule has 3 rings (SSSR count). The summed E-state index contributed by atoms with van der Waals surface area (Å²) in [5.41, 5.74) is 5.61. The molecular formula is C19H18N4O6. The Labute approximate surface area is 164 Å². The van der Waals surface area contributed by atoms with Crippen LogP contribution in [0.2, 0.25) is 0 Å². The predicted octanol–water partition coefficient (Wildman–Crippen LogP) is 0.641. The molecule has 1 aromatic carbocycles. The normalized spacial score (nSPS) is 10.4. The van der Waals surface area contributed by atoms with Crippen LogP contribution < -0.4 is 21.5 Å². The molecule has 4 amide bonds. The van der Waals surface area contributed by atoms with Crippen molar-refractivity contribution in [3.05, 3.63) is 59.7 Å². The Bertz CT molecular complexity index is 1050. The zero-order valence-electron chi connectivity index (χ0n) is 15.4. The lowest BCUT2D eigenvalue weighted by molar-refractivity contribution is -0.125. The van der Waals surface area contributed by atoms with E-state index in [9.17, 15) is 19.2 Å². The van der Waals surface area contributed by atoms with Gasteiger partial charge in [-0.05, 0) is 25.1 Å². The first kappa shape index (κ1) is 19.7. The molecule has 2 aromatic heterocycles. The van der Waals surface area contributed by atoms with Crippen molar-refractivity contribution in [2.45, 2.75) is 6.92 Å². The summed E-state index contributed by atoms with van der Waals surface area (Å²) >= 11 is 0. The van der Waals surface area contributed by atoms with Gasteiger partial charge in [0.05, 0.1) is 19.4 Å². The number of hydrogen-bond acceptors (Lipinski definition) is 6. The fourth-order valence-corrected chi connectivity index (χ4v) is 2.52. The molecule has 0 saturated carbocycles. The summed E-state index contributed by atoms with van der Waals surface area (Å²) in [6, 6.07) is 10.2.